The first-order chi connectivity index (χ1) is 13.2. The van der Waals surface area contributed by atoms with Crippen LogP contribution in [0.25, 0.3) is 10.9 Å². The van der Waals surface area contributed by atoms with Crippen molar-refractivity contribution in [1.29, 1.82) is 0 Å². The lowest BCUT2D eigenvalue weighted by atomic mass is 10.0. The minimum absolute atomic E-state index is 0.0799. The quantitative estimate of drug-likeness (QED) is 0.624. The van der Waals surface area contributed by atoms with Gasteiger partial charge in [0.2, 0.25) is 10.0 Å². The lowest BCUT2D eigenvalue weighted by Gasteiger charge is -2.09. The number of H-pyrrole nitrogens is 1. The number of aryl methyl sites for hydroxylation is 2. The third-order valence-corrected chi connectivity index (χ3v) is 6.12. The van der Waals surface area contributed by atoms with Crippen molar-refractivity contribution >= 4 is 26.7 Å². The van der Waals surface area contributed by atoms with Crippen molar-refractivity contribution in [2.75, 3.05) is 6.54 Å². The molecule has 0 unspecified atom stereocenters. The second kappa shape index (κ2) is 7.69. The Balaban J connectivity index is 1.76. The Morgan fingerprint density at radius 2 is 1.75 bits per heavy atom. The monoisotopic (exact) mass is 398 g/mol. The van der Waals surface area contributed by atoms with Crippen LogP contribution in [0.1, 0.15) is 34.0 Å². The molecular weight excluding hydrogens is 376 g/mol. The summed E-state index contributed by atoms with van der Waals surface area (Å²) >= 11 is 0. The summed E-state index contributed by atoms with van der Waals surface area (Å²) in [6, 6.07) is 11.5. The molecule has 0 saturated heterocycles. The maximum Gasteiger partial charge on any atom is 0.251 e. The summed E-state index contributed by atoms with van der Waals surface area (Å²) in [5, 5.41) is 0.947. The third kappa shape index (κ3) is 4.21. The highest BCUT2D eigenvalue weighted by Gasteiger charge is 2.14. The van der Waals surface area contributed by atoms with Crippen molar-refractivity contribution in [3.05, 3.63) is 75.1 Å². The van der Waals surface area contributed by atoms with E-state index < -0.39 is 10.0 Å². The van der Waals surface area contributed by atoms with Crippen molar-refractivity contribution in [2.24, 2.45) is 0 Å². The molecule has 1 aromatic heterocycles. The number of carbonyl (C=O) groups is 1. The van der Waals surface area contributed by atoms with E-state index in [0.29, 0.717) is 11.1 Å². The minimum atomic E-state index is -3.72. The number of sulfonamides is 1. The van der Waals surface area contributed by atoms with Gasteiger partial charge in [-0.1, -0.05) is 18.2 Å². The lowest BCUT2D eigenvalue weighted by molar-refractivity contribution is 0.101. The van der Waals surface area contributed by atoms with Crippen LogP contribution in [-0.2, 0) is 16.4 Å². The van der Waals surface area contributed by atoms with Crippen molar-refractivity contribution in [3.63, 3.8) is 0 Å². The second-order valence-corrected chi connectivity index (χ2v) is 8.66. The van der Waals surface area contributed by atoms with E-state index in [9.17, 15) is 18.0 Å². The van der Waals surface area contributed by atoms with Gasteiger partial charge in [-0.2, -0.15) is 0 Å². The van der Waals surface area contributed by atoms with Crippen LogP contribution in [0.3, 0.4) is 0 Å². The lowest BCUT2D eigenvalue weighted by Crippen LogP contribution is -2.27. The highest BCUT2D eigenvalue weighted by molar-refractivity contribution is 7.89. The summed E-state index contributed by atoms with van der Waals surface area (Å²) in [5.41, 5.74) is 3.65. The number of hydrogen-bond acceptors (Lipinski definition) is 4. The molecule has 0 radical (unpaired) electrons. The Morgan fingerprint density at radius 1 is 1.07 bits per heavy atom. The topological polar surface area (TPSA) is 96.1 Å². The molecule has 0 amide bonds. The molecule has 7 heteroatoms. The molecule has 28 heavy (non-hydrogen) atoms. The van der Waals surface area contributed by atoms with Gasteiger partial charge in [-0.3, -0.25) is 9.59 Å². The first-order valence-electron chi connectivity index (χ1n) is 8.91. The van der Waals surface area contributed by atoms with E-state index in [4.69, 9.17) is 0 Å². The highest BCUT2D eigenvalue weighted by Crippen LogP contribution is 2.18. The number of hydrogen-bond donors (Lipinski definition) is 2. The summed E-state index contributed by atoms with van der Waals surface area (Å²) in [7, 11) is -3.72. The minimum Gasteiger partial charge on any atom is -0.322 e. The van der Waals surface area contributed by atoms with Crippen LogP contribution in [0.2, 0.25) is 0 Å². The molecule has 0 aliphatic carbocycles. The third-order valence-electron chi connectivity index (χ3n) is 4.65. The number of benzene rings is 2. The van der Waals surface area contributed by atoms with E-state index in [1.54, 1.807) is 0 Å². The maximum atomic E-state index is 12.4. The van der Waals surface area contributed by atoms with Crippen LogP contribution in [0.5, 0.6) is 0 Å². The number of carbonyl (C=O) groups excluding carboxylic acids is 1. The molecule has 3 rings (SSSR count). The molecule has 0 saturated carbocycles. The first-order valence-corrected chi connectivity index (χ1v) is 10.4. The van der Waals surface area contributed by atoms with Gasteiger partial charge in [-0.15, -0.1) is 0 Å². The number of aromatic amines is 1. The Bertz CT molecular complexity index is 1210. The van der Waals surface area contributed by atoms with Crippen molar-refractivity contribution in [3.8, 4) is 0 Å². The molecule has 0 bridgehead atoms. The largest absolute Gasteiger partial charge is 0.322 e. The average molecular weight is 398 g/mol. The van der Waals surface area contributed by atoms with Crippen molar-refractivity contribution in [1.82, 2.24) is 9.71 Å². The van der Waals surface area contributed by atoms with Crippen LogP contribution >= 0.6 is 0 Å². The van der Waals surface area contributed by atoms with Crippen LogP contribution in [0, 0.1) is 13.8 Å². The molecule has 0 spiro atoms. The molecule has 2 aromatic carbocycles. The molecule has 2 N–H and O–H groups in total. The van der Waals surface area contributed by atoms with E-state index in [0.717, 1.165) is 22.0 Å². The normalized spacial score (nSPS) is 11.7. The molecule has 0 aliphatic rings. The summed E-state index contributed by atoms with van der Waals surface area (Å²) in [4.78, 5) is 26.6. The van der Waals surface area contributed by atoms with E-state index >= 15 is 0 Å². The Kier molecular flexibility index (Phi) is 5.49. The van der Waals surface area contributed by atoms with Gasteiger partial charge in [0, 0.05) is 28.6 Å². The molecule has 3 aromatic rings. The van der Waals surface area contributed by atoms with E-state index in [2.05, 4.69) is 9.71 Å². The van der Waals surface area contributed by atoms with Gasteiger partial charge < -0.3 is 4.98 Å². The Hall–Kier alpha value is -2.77. The standard InChI is InChI=1S/C21H22N2O4S/c1-13-10-14(2)19-12-17(21(25)23-20(19)11-13)8-9-22-28(26,27)18-6-4-16(5-7-18)15(3)24/h4-7,10-12,22H,8-9H2,1-3H3,(H,23,25). The summed E-state index contributed by atoms with van der Waals surface area (Å²) < 4.78 is 27.3. The SMILES string of the molecule is CC(=O)c1ccc(S(=O)(=O)NCCc2cc3c(C)cc(C)cc3[nH]c2=O)cc1. The number of Topliss-reactive ketones (excluding diaryl/α,β-unsaturated/α-hetero) is 1. The Labute approximate surface area is 163 Å². The average Bonchev–Trinajstić information content (AvgIpc) is 2.62. The smallest absolute Gasteiger partial charge is 0.251 e. The summed E-state index contributed by atoms with van der Waals surface area (Å²) in [6.45, 7) is 5.46. The molecule has 0 fully saturated rings. The zero-order chi connectivity index (χ0) is 20.5. The number of ketones is 1. The van der Waals surface area contributed by atoms with E-state index in [1.807, 2.05) is 32.0 Å². The number of rotatable bonds is 6. The van der Waals surface area contributed by atoms with Crippen molar-refractivity contribution in [2.45, 2.75) is 32.1 Å². The second-order valence-electron chi connectivity index (χ2n) is 6.90. The zero-order valence-corrected chi connectivity index (χ0v) is 16.8. The predicted molar refractivity (Wildman–Crippen MR) is 109 cm³/mol. The fourth-order valence-electron chi connectivity index (χ4n) is 3.17. The number of nitrogens with one attached hydrogen (secondary N) is 2. The maximum absolute atomic E-state index is 12.4. The first kappa shape index (κ1) is 20.0. The van der Waals surface area contributed by atoms with E-state index in [-0.39, 0.29) is 29.2 Å². The van der Waals surface area contributed by atoms with Crippen molar-refractivity contribution < 1.29 is 13.2 Å². The zero-order valence-electron chi connectivity index (χ0n) is 16.0. The van der Waals surface area contributed by atoms with Crippen LogP contribution < -0.4 is 10.3 Å². The van der Waals surface area contributed by atoms with Crippen LogP contribution in [0.4, 0.5) is 0 Å². The van der Waals surface area contributed by atoms with Gasteiger partial charge in [0.1, 0.15) is 0 Å². The molecule has 146 valence electrons. The van der Waals surface area contributed by atoms with Gasteiger partial charge in [0.25, 0.3) is 5.56 Å². The fourth-order valence-corrected chi connectivity index (χ4v) is 4.21. The molecule has 0 atom stereocenters. The number of fused-ring (bicyclic) bond motifs is 1. The summed E-state index contributed by atoms with van der Waals surface area (Å²) in [5.74, 6) is -0.127. The van der Waals surface area contributed by atoms with Gasteiger partial charge in [-0.25, -0.2) is 13.1 Å². The number of pyridine rings is 1. The van der Waals surface area contributed by atoms with Crippen LogP contribution in [-0.4, -0.2) is 25.7 Å². The van der Waals surface area contributed by atoms with Gasteiger partial charge in [0.15, 0.2) is 5.78 Å². The van der Waals surface area contributed by atoms with E-state index in [1.165, 1.54) is 31.2 Å². The molecular formula is C21H22N2O4S. The summed E-state index contributed by atoms with van der Waals surface area (Å²) in [6.07, 6.45) is 0.267. The molecule has 1 heterocycles. The highest BCUT2D eigenvalue weighted by atomic mass is 32.2. The number of aromatic nitrogens is 1. The molecule has 6 nitrogen and oxygen atoms in total. The van der Waals surface area contributed by atoms with Gasteiger partial charge in [0.05, 0.1) is 4.90 Å². The Morgan fingerprint density at radius 3 is 2.39 bits per heavy atom. The predicted octanol–water partition coefficient (Wildman–Crippen LogP) is 2.87. The van der Waals surface area contributed by atoms with Gasteiger partial charge >= 0.3 is 0 Å². The van der Waals surface area contributed by atoms with Crippen LogP contribution in [0.15, 0.2) is 52.2 Å². The molecule has 0 aliphatic heterocycles. The fraction of sp³-hybridized carbons (Fsp3) is 0.238. The van der Waals surface area contributed by atoms with Gasteiger partial charge in [-0.05, 0) is 62.6 Å².